The van der Waals surface area contributed by atoms with Crippen LogP contribution in [0, 0.1) is 0 Å². The third-order valence-corrected chi connectivity index (χ3v) is 0.942. The molecule has 0 saturated heterocycles. The Labute approximate surface area is 61.5 Å². The highest BCUT2D eigenvalue weighted by Crippen LogP contribution is 1.98. The van der Waals surface area contributed by atoms with Gasteiger partial charge in [-0.25, -0.2) is 0 Å². The summed E-state index contributed by atoms with van der Waals surface area (Å²) in [6.45, 7) is 3.96. The Morgan fingerprint density at radius 3 is 1.50 bits per heavy atom. The molecule has 0 aliphatic rings. The lowest BCUT2D eigenvalue weighted by Gasteiger charge is -1.98. The predicted molar refractivity (Wildman–Crippen MR) is 38.6 cm³/mol. The fourth-order valence-corrected chi connectivity index (χ4v) is 0.289. The second-order valence-corrected chi connectivity index (χ2v) is 2.23. The van der Waals surface area contributed by atoms with E-state index in [9.17, 15) is 0 Å². The van der Waals surface area contributed by atoms with Crippen molar-refractivity contribution in [3.8, 4) is 0 Å². The Morgan fingerprint density at radius 1 is 1.30 bits per heavy atom. The van der Waals surface area contributed by atoms with Crippen LogP contribution in [0.15, 0.2) is 0 Å². The summed E-state index contributed by atoms with van der Waals surface area (Å²) in [5, 5.41) is 8.67. The molecule has 5 heteroatoms. The summed E-state index contributed by atoms with van der Waals surface area (Å²) in [6, 6.07) is 0. The number of aliphatic hydroxyl groups is 1. The average Bonchev–Trinajstić information content (AvgIpc) is 1.85. The molecule has 3 N–H and O–H groups in total. The van der Waals surface area contributed by atoms with Gasteiger partial charge in [-0.15, -0.1) is 9.79 Å². The summed E-state index contributed by atoms with van der Waals surface area (Å²) >= 11 is 0. The molecule has 4 nitrogen and oxygen atoms in total. The molecular formula is C5H14O4P+. The SMILES string of the molecule is CCC(O)CC.O=[P+](O)O. The lowest BCUT2D eigenvalue weighted by molar-refractivity contribution is 0.166. The van der Waals surface area contributed by atoms with Gasteiger partial charge in [-0.2, -0.15) is 0 Å². The van der Waals surface area contributed by atoms with Crippen molar-refractivity contribution >= 4 is 8.25 Å². The fraction of sp³-hybridized carbons (Fsp3) is 1.00. The third kappa shape index (κ3) is 24.5. The zero-order valence-electron chi connectivity index (χ0n) is 6.19. The van der Waals surface area contributed by atoms with Crippen LogP contribution >= 0.6 is 8.25 Å². The molecule has 0 bridgehead atoms. The first-order chi connectivity index (χ1) is 4.54. The molecule has 0 aliphatic heterocycles. The molecule has 62 valence electrons. The highest BCUT2D eigenvalue weighted by Gasteiger charge is 1.93. The number of hydrogen-bond donors (Lipinski definition) is 3. The van der Waals surface area contributed by atoms with Gasteiger partial charge in [-0.3, -0.25) is 0 Å². The van der Waals surface area contributed by atoms with E-state index in [0.29, 0.717) is 0 Å². The van der Waals surface area contributed by atoms with Crippen LogP contribution < -0.4 is 0 Å². The molecule has 0 amide bonds. The van der Waals surface area contributed by atoms with Crippen molar-refractivity contribution in [1.29, 1.82) is 0 Å². The van der Waals surface area contributed by atoms with Crippen LogP contribution in [0.5, 0.6) is 0 Å². The van der Waals surface area contributed by atoms with Crippen LogP contribution in [-0.4, -0.2) is 21.0 Å². The Bertz CT molecular complexity index is 77.7. The lowest BCUT2D eigenvalue weighted by Crippen LogP contribution is -1.99. The maximum atomic E-state index is 8.70. The minimum Gasteiger partial charge on any atom is -0.393 e. The Hall–Kier alpha value is -0.0200. The van der Waals surface area contributed by atoms with Crippen LogP contribution in [0.3, 0.4) is 0 Å². The quantitative estimate of drug-likeness (QED) is 0.534. The van der Waals surface area contributed by atoms with Crippen molar-refractivity contribution in [2.75, 3.05) is 0 Å². The smallest absolute Gasteiger partial charge is 0.393 e. The van der Waals surface area contributed by atoms with Gasteiger partial charge in [0.2, 0.25) is 0 Å². The van der Waals surface area contributed by atoms with Gasteiger partial charge < -0.3 is 5.11 Å². The van der Waals surface area contributed by atoms with E-state index in [-0.39, 0.29) is 6.10 Å². The van der Waals surface area contributed by atoms with Crippen molar-refractivity contribution in [3.63, 3.8) is 0 Å². The number of aliphatic hydroxyl groups excluding tert-OH is 1. The molecule has 10 heavy (non-hydrogen) atoms. The monoisotopic (exact) mass is 169 g/mol. The van der Waals surface area contributed by atoms with E-state index >= 15 is 0 Å². The molecule has 0 aromatic rings. The zero-order chi connectivity index (χ0) is 8.57. The minimum atomic E-state index is -2.87. The standard InChI is InChI=1S/C5H12O.HO3P/c1-3-5(6)4-2;1-4(2)3/h5-6H,3-4H2,1-2H3;(H-,1,2,3)/p+1. The molecule has 0 spiro atoms. The average molecular weight is 169 g/mol. The summed E-state index contributed by atoms with van der Waals surface area (Å²) < 4.78 is 8.70. The van der Waals surface area contributed by atoms with E-state index in [2.05, 4.69) is 0 Å². The summed E-state index contributed by atoms with van der Waals surface area (Å²) in [7, 11) is -2.87. The van der Waals surface area contributed by atoms with E-state index < -0.39 is 8.25 Å². The van der Waals surface area contributed by atoms with Crippen molar-refractivity contribution in [3.05, 3.63) is 0 Å². The highest BCUT2D eigenvalue weighted by molar-refractivity contribution is 7.30. The molecule has 0 radical (unpaired) electrons. The van der Waals surface area contributed by atoms with E-state index in [1.165, 1.54) is 0 Å². The van der Waals surface area contributed by atoms with E-state index in [0.717, 1.165) is 12.8 Å². The van der Waals surface area contributed by atoms with Crippen molar-refractivity contribution in [2.45, 2.75) is 32.8 Å². The van der Waals surface area contributed by atoms with Gasteiger partial charge in [-0.05, 0) is 12.8 Å². The Balaban J connectivity index is 0. The molecule has 0 aromatic carbocycles. The Kier molecular flexibility index (Phi) is 11.3. The van der Waals surface area contributed by atoms with Crippen LogP contribution in [0.2, 0.25) is 0 Å². The van der Waals surface area contributed by atoms with Gasteiger partial charge >= 0.3 is 8.25 Å². The zero-order valence-corrected chi connectivity index (χ0v) is 7.08. The summed E-state index contributed by atoms with van der Waals surface area (Å²) in [5.74, 6) is 0. The van der Waals surface area contributed by atoms with Crippen LogP contribution in [0.1, 0.15) is 26.7 Å². The van der Waals surface area contributed by atoms with Crippen molar-refractivity contribution < 1.29 is 19.5 Å². The minimum absolute atomic E-state index is 0.0648. The van der Waals surface area contributed by atoms with Crippen LogP contribution in [0.25, 0.3) is 0 Å². The summed E-state index contributed by atoms with van der Waals surface area (Å²) in [6.07, 6.45) is 1.71. The fourth-order valence-electron chi connectivity index (χ4n) is 0.289. The topological polar surface area (TPSA) is 77.8 Å². The van der Waals surface area contributed by atoms with Gasteiger partial charge in [0.25, 0.3) is 0 Å². The second-order valence-electron chi connectivity index (χ2n) is 1.72. The van der Waals surface area contributed by atoms with Crippen molar-refractivity contribution in [2.24, 2.45) is 0 Å². The molecule has 0 saturated carbocycles. The van der Waals surface area contributed by atoms with Gasteiger partial charge in [0.15, 0.2) is 0 Å². The van der Waals surface area contributed by atoms with E-state index in [1.807, 2.05) is 13.8 Å². The Morgan fingerprint density at radius 2 is 1.50 bits per heavy atom. The molecule has 0 unspecified atom stereocenters. The van der Waals surface area contributed by atoms with Gasteiger partial charge in [-0.1, -0.05) is 13.8 Å². The predicted octanol–water partition coefficient (Wildman–Crippen LogP) is 0.796. The first kappa shape index (κ1) is 12.6. The first-order valence-electron chi connectivity index (χ1n) is 3.07. The normalized spacial score (nSPS) is 8.60. The highest BCUT2D eigenvalue weighted by atomic mass is 31.1. The molecule has 0 atom stereocenters. The van der Waals surface area contributed by atoms with Gasteiger partial charge in [0.1, 0.15) is 0 Å². The summed E-state index contributed by atoms with van der Waals surface area (Å²) in [4.78, 5) is 14.2. The van der Waals surface area contributed by atoms with Crippen molar-refractivity contribution in [1.82, 2.24) is 0 Å². The molecule has 0 aliphatic carbocycles. The van der Waals surface area contributed by atoms with E-state index in [4.69, 9.17) is 19.5 Å². The molecule has 0 rings (SSSR count). The summed E-state index contributed by atoms with van der Waals surface area (Å²) in [5.41, 5.74) is 0. The third-order valence-electron chi connectivity index (χ3n) is 0.942. The maximum Gasteiger partial charge on any atom is 0.692 e. The molecule has 0 fully saturated rings. The van der Waals surface area contributed by atoms with Gasteiger partial charge in [0.05, 0.1) is 6.10 Å². The van der Waals surface area contributed by atoms with Crippen LogP contribution in [0.4, 0.5) is 0 Å². The number of rotatable bonds is 2. The first-order valence-corrected chi connectivity index (χ1v) is 4.24. The number of hydrogen-bond acceptors (Lipinski definition) is 2. The molecule has 0 aromatic heterocycles. The largest absolute Gasteiger partial charge is 0.692 e. The second kappa shape index (κ2) is 8.98. The van der Waals surface area contributed by atoms with E-state index in [1.54, 1.807) is 0 Å². The van der Waals surface area contributed by atoms with Gasteiger partial charge in [0, 0.05) is 4.57 Å². The van der Waals surface area contributed by atoms with Crippen LogP contribution in [-0.2, 0) is 4.57 Å². The maximum absolute atomic E-state index is 8.70. The molecular weight excluding hydrogens is 155 g/mol. The lowest BCUT2D eigenvalue weighted by atomic mass is 10.2. The molecule has 0 heterocycles.